The average molecular weight is 466 g/mol. The summed E-state index contributed by atoms with van der Waals surface area (Å²) in [6.07, 6.45) is -2.22. The van der Waals surface area contributed by atoms with Crippen molar-refractivity contribution in [1.29, 1.82) is 5.26 Å². The van der Waals surface area contributed by atoms with Gasteiger partial charge in [-0.25, -0.2) is 4.39 Å². The Morgan fingerprint density at radius 2 is 1.97 bits per heavy atom. The molecule has 1 aromatic carbocycles. The van der Waals surface area contributed by atoms with Gasteiger partial charge in [-0.2, -0.15) is 18.4 Å². The van der Waals surface area contributed by atoms with E-state index in [1.807, 2.05) is 19.1 Å². The fourth-order valence-electron chi connectivity index (χ4n) is 4.01. The number of carbonyl (C=O) groups is 2. The molecular weight excluding hydrogens is 440 g/mol. The van der Waals surface area contributed by atoms with Gasteiger partial charge < -0.3 is 15.5 Å². The molecule has 1 aliphatic heterocycles. The van der Waals surface area contributed by atoms with Crippen LogP contribution in [0.5, 0.6) is 0 Å². The molecule has 0 bridgehead atoms. The smallest absolute Gasteiger partial charge is 0.380 e. The lowest BCUT2D eigenvalue weighted by Crippen LogP contribution is -2.42. The fourth-order valence-corrected chi connectivity index (χ4v) is 4.01. The number of rotatable bonds is 6. The molecule has 1 aromatic rings. The molecule has 178 valence electrons. The average Bonchev–Trinajstić information content (AvgIpc) is 3.17. The molecule has 0 radical (unpaired) electrons. The van der Waals surface area contributed by atoms with Gasteiger partial charge in [-0.3, -0.25) is 9.59 Å². The van der Waals surface area contributed by atoms with E-state index in [9.17, 15) is 27.2 Å². The molecule has 33 heavy (non-hydrogen) atoms. The van der Waals surface area contributed by atoms with Crippen LogP contribution in [0.2, 0.25) is 0 Å². The lowest BCUT2D eigenvalue weighted by molar-refractivity contribution is -0.137. The number of halogens is 4. The predicted octanol–water partition coefficient (Wildman–Crippen LogP) is 3.45. The molecule has 2 aliphatic rings. The molecule has 3 atom stereocenters. The second-order valence-electron chi connectivity index (χ2n) is 8.75. The number of hydrogen-bond donors (Lipinski definition) is 2. The van der Waals surface area contributed by atoms with Gasteiger partial charge in [-0.15, -0.1) is 0 Å². The van der Waals surface area contributed by atoms with Gasteiger partial charge in [-0.05, 0) is 37.0 Å². The van der Waals surface area contributed by atoms with E-state index in [4.69, 9.17) is 5.26 Å². The monoisotopic (exact) mass is 466 g/mol. The van der Waals surface area contributed by atoms with Gasteiger partial charge in [0.25, 0.3) is 0 Å². The van der Waals surface area contributed by atoms with Crippen molar-refractivity contribution in [2.45, 2.75) is 57.5 Å². The summed E-state index contributed by atoms with van der Waals surface area (Å²) in [5, 5.41) is 14.9. The summed E-state index contributed by atoms with van der Waals surface area (Å²) in [6, 6.07) is 5.86. The first-order chi connectivity index (χ1) is 15.5. The number of nitrogens with one attached hydrogen (secondary N) is 2. The van der Waals surface area contributed by atoms with Crippen molar-refractivity contribution in [3.8, 4) is 6.07 Å². The molecule has 3 rings (SSSR count). The summed E-state index contributed by atoms with van der Waals surface area (Å²) < 4.78 is 51.5. The van der Waals surface area contributed by atoms with Crippen LogP contribution in [-0.2, 0) is 22.3 Å². The molecule has 2 amide bonds. The van der Waals surface area contributed by atoms with E-state index >= 15 is 0 Å². The number of nitriles is 1. The zero-order valence-electron chi connectivity index (χ0n) is 18.2. The van der Waals surface area contributed by atoms with Crippen LogP contribution in [0.25, 0.3) is 0 Å². The molecule has 0 aromatic heterocycles. The molecule has 6 nitrogen and oxygen atoms in total. The number of hydrogen-bond acceptors (Lipinski definition) is 4. The minimum Gasteiger partial charge on any atom is -0.380 e. The number of allylic oxidation sites excluding steroid dienone is 2. The second kappa shape index (κ2) is 9.81. The van der Waals surface area contributed by atoms with E-state index in [2.05, 4.69) is 10.6 Å². The Kier molecular flexibility index (Phi) is 7.30. The van der Waals surface area contributed by atoms with E-state index < -0.39 is 29.4 Å². The maximum Gasteiger partial charge on any atom is 0.416 e. The number of amides is 2. The third-order valence-corrected chi connectivity index (χ3v) is 6.21. The zero-order valence-corrected chi connectivity index (χ0v) is 18.2. The van der Waals surface area contributed by atoms with Crippen LogP contribution in [-0.4, -0.2) is 42.0 Å². The van der Waals surface area contributed by atoms with Crippen molar-refractivity contribution >= 4 is 11.8 Å². The SMILES string of the molecule is CC1(C(=O)NCc2ccc(C(F)(F)F)cc2)CC=C(NCC(=O)N2C[C@@H](F)C[C@H]2C#N)CC1. The van der Waals surface area contributed by atoms with Crippen molar-refractivity contribution < 1.29 is 27.2 Å². The lowest BCUT2D eigenvalue weighted by atomic mass is 9.77. The Morgan fingerprint density at radius 1 is 1.27 bits per heavy atom. The van der Waals surface area contributed by atoms with E-state index in [0.717, 1.165) is 17.8 Å². The number of alkyl halides is 4. The van der Waals surface area contributed by atoms with Gasteiger partial charge >= 0.3 is 6.18 Å². The summed E-state index contributed by atoms with van der Waals surface area (Å²) in [6.45, 7) is 1.82. The summed E-state index contributed by atoms with van der Waals surface area (Å²) >= 11 is 0. The number of likely N-dealkylation sites (tertiary alicyclic amines) is 1. The predicted molar refractivity (Wildman–Crippen MR) is 112 cm³/mol. The van der Waals surface area contributed by atoms with Crippen LogP contribution in [0.15, 0.2) is 36.0 Å². The summed E-state index contributed by atoms with van der Waals surface area (Å²) in [5.74, 6) is -0.540. The Hall–Kier alpha value is -3.09. The molecular formula is C23H26F4N4O2. The van der Waals surface area contributed by atoms with E-state index in [-0.39, 0.29) is 37.9 Å². The van der Waals surface area contributed by atoms with E-state index in [0.29, 0.717) is 24.8 Å². The van der Waals surface area contributed by atoms with Crippen LogP contribution in [0.1, 0.15) is 43.7 Å². The Balaban J connectivity index is 1.47. The standard InChI is InChI=1S/C23H26F4N4O2/c1-22(21(33)30-12-15-2-4-16(5-3-15)23(25,26)27)8-6-18(7-9-22)29-13-20(32)31-14-17(24)10-19(31)11-28/h2-6,17,19,29H,7-10,12-14H2,1H3,(H,30,33)/t17-,19-,22?/m0/s1. The Bertz CT molecular complexity index is 955. The molecule has 10 heteroatoms. The van der Waals surface area contributed by atoms with Crippen molar-refractivity contribution in [3.63, 3.8) is 0 Å². The molecule has 0 saturated carbocycles. The summed E-state index contributed by atoms with van der Waals surface area (Å²) in [5.41, 5.74) is -0.0392. The van der Waals surface area contributed by atoms with E-state index in [1.54, 1.807) is 0 Å². The first-order valence-electron chi connectivity index (χ1n) is 10.7. The second-order valence-corrected chi connectivity index (χ2v) is 8.75. The highest BCUT2D eigenvalue weighted by Gasteiger charge is 2.37. The molecule has 1 unspecified atom stereocenters. The van der Waals surface area contributed by atoms with Crippen LogP contribution in [0, 0.1) is 16.7 Å². The number of benzene rings is 1. The van der Waals surface area contributed by atoms with Crippen LogP contribution < -0.4 is 10.6 Å². The van der Waals surface area contributed by atoms with Gasteiger partial charge in [0.05, 0.1) is 30.1 Å². The fraction of sp³-hybridized carbons (Fsp3) is 0.522. The molecule has 1 aliphatic carbocycles. The van der Waals surface area contributed by atoms with Gasteiger partial charge in [0, 0.05) is 18.7 Å². The highest BCUT2D eigenvalue weighted by atomic mass is 19.4. The van der Waals surface area contributed by atoms with Crippen molar-refractivity contribution in [1.82, 2.24) is 15.5 Å². The maximum absolute atomic E-state index is 13.5. The van der Waals surface area contributed by atoms with Crippen LogP contribution in [0.4, 0.5) is 17.6 Å². The highest BCUT2D eigenvalue weighted by molar-refractivity contribution is 5.82. The molecule has 0 spiro atoms. The molecule has 1 heterocycles. The normalized spacial score (nSPS) is 25.2. The third-order valence-electron chi connectivity index (χ3n) is 6.21. The summed E-state index contributed by atoms with van der Waals surface area (Å²) in [7, 11) is 0. The first-order valence-corrected chi connectivity index (χ1v) is 10.7. The van der Waals surface area contributed by atoms with Crippen molar-refractivity contribution in [2.24, 2.45) is 5.41 Å². The van der Waals surface area contributed by atoms with Crippen LogP contribution in [0.3, 0.4) is 0 Å². The van der Waals surface area contributed by atoms with Gasteiger partial charge in [0.1, 0.15) is 12.2 Å². The number of carbonyl (C=O) groups excluding carboxylic acids is 2. The maximum atomic E-state index is 13.5. The lowest BCUT2D eigenvalue weighted by Gasteiger charge is -2.32. The van der Waals surface area contributed by atoms with Crippen molar-refractivity contribution in [2.75, 3.05) is 13.1 Å². The minimum absolute atomic E-state index is 0.0326. The van der Waals surface area contributed by atoms with Crippen LogP contribution >= 0.6 is 0 Å². The quantitative estimate of drug-likeness (QED) is 0.629. The van der Waals surface area contributed by atoms with Gasteiger partial charge in [0.15, 0.2) is 0 Å². The third kappa shape index (κ3) is 6.03. The first kappa shape index (κ1) is 24.6. The molecule has 2 N–H and O–H groups in total. The number of nitrogens with zero attached hydrogens (tertiary/aromatic N) is 2. The topological polar surface area (TPSA) is 85.2 Å². The largest absolute Gasteiger partial charge is 0.416 e. The Labute approximate surface area is 189 Å². The van der Waals surface area contributed by atoms with Gasteiger partial charge in [-0.1, -0.05) is 25.1 Å². The van der Waals surface area contributed by atoms with Crippen molar-refractivity contribution in [3.05, 3.63) is 47.2 Å². The summed E-state index contributed by atoms with van der Waals surface area (Å²) in [4.78, 5) is 26.3. The Morgan fingerprint density at radius 3 is 2.55 bits per heavy atom. The van der Waals surface area contributed by atoms with E-state index in [1.165, 1.54) is 17.0 Å². The molecule has 1 saturated heterocycles. The molecule has 1 fully saturated rings. The highest BCUT2D eigenvalue weighted by Crippen LogP contribution is 2.35. The van der Waals surface area contributed by atoms with Gasteiger partial charge in [0.2, 0.25) is 11.8 Å². The minimum atomic E-state index is -4.40. The zero-order chi connectivity index (χ0) is 24.2.